The Morgan fingerprint density at radius 1 is 0.939 bits per heavy atom. The maximum atomic E-state index is 14.4. The number of rotatable bonds is 17. The van der Waals surface area contributed by atoms with Crippen molar-refractivity contribution in [2.45, 2.75) is 110 Å². The summed E-state index contributed by atoms with van der Waals surface area (Å²) in [5.74, 6) is -1.18. The maximum Gasteiger partial charge on any atom is 0.245 e. The fourth-order valence-electron chi connectivity index (χ4n) is 6.17. The number of ketones is 1. The lowest BCUT2D eigenvalue weighted by Crippen LogP contribution is -2.55. The number of unbranched alkanes of at least 4 members (excludes halogenated alkanes) is 3. The van der Waals surface area contributed by atoms with Crippen LogP contribution in [0.4, 0.5) is 0 Å². The van der Waals surface area contributed by atoms with E-state index in [1.54, 1.807) is 9.80 Å². The van der Waals surface area contributed by atoms with E-state index in [4.69, 9.17) is 0 Å². The van der Waals surface area contributed by atoms with Gasteiger partial charge in [0.25, 0.3) is 0 Å². The van der Waals surface area contributed by atoms with Gasteiger partial charge in [0.1, 0.15) is 17.9 Å². The van der Waals surface area contributed by atoms with Crippen molar-refractivity contribution in [3.63, 3.8) is 0 Å². The van der Waals surface area contributed by atoms with Crippen molar-refractivity contribution in [3.8, 4) is 0 Å². The second kappa shape index (κ2) is 20.3. The van der Waals surface area contributed by atoms with E-state index < -0.39 is 18.0 Å². The number of H-pyrrole nitrogens is 1. The van der Waals surface area contributed by atoms with Gasteiger partial charge in [-0.1, -0.05) is 51.8 Å². The van der Waals surface area contributed by atoms with Crippen molar-refractivity contribution in [1.29, 1.82) is 0 Å². The smallest absolute Gasteiger partial charge is 0.245 e. The van der Waals surface area contributed by atoms with E-state index in [-0.39, 0.29) is 61.4 Å². The first-order chi connectivity index (χ1) is 23.5. The normalized spacial score (nSPS) is 18.1. The number of hydrogen-bond donors (Lipinski definition) is 4. The van der Waals surface area contributed by atoms with Gasteiger partial charge in [0, 0.05) is 69.5 Å². The number of nitrogens with zero attached hydrogens (tertiary/aromatic N) is 2. The summed E-state index contributed by atoms with van der Waals surface area (Å²) in [7, 11) is 0. The number of fused-ring (bicyclic) bond motifs is 1. The van der Waals surface area contributed by atoms with Crippen LogP contribution in [-0.4, -0.2) is 94.9 Å². The molecule has 1 saturated heterocycles. The molecule has 0 spiro atoms. The summed E-state index contributed by atoms with van der Waals surface area (Å²) in [6, 6.07) is 6.13. The first-order valence-corrected chi connectivity index (χ1v) is 18.0. The summed E-state index contributed by atoms with van der Waals surface area (Å²) >= 11 is 0. The number of nitrogens with one attached hydrogen (secondary N) is 4. The largest absolute Gasteiger partial charge is 0.361 e. The van der Waals surface area contributed by atoms with Crippen LogP contribution in [0.15, 0.2) is 30.5 Å². The van der Waals surface area contributed by atoms with Crippen molar-refractivity contribution in [2.24, 2.45) is 5.92 Å². The van der Waals surface area contributed by atoms with E-state index in [1.165, 1.54) is 6.92 Å². The molecule has 0 aliphatic carbocycles. The molecule has 1 aliphatic heterocycles. The number of Topliss-reactive ketones (excluding diaryl/α,β-unsaturated/α-hetero) is 1. The molecule has 1 fully saturated rings. The highest BCUT2D eigenvalue weighted by molar-refractivity contribution is 5.94. The first kappa shape index (κ1) is 39.2. The van der Waals surface area contributed by atoms with E-state index in [2.05, 4.69) is 20.9 Å². The molecule has 12 heteroatoms. The second-order valence-electron chi connectivity index (χ2n) is 13.5. The molecule has 1 aliphatic rings. The monoisotopic (exact) mass is 680 g/mol. The van der Waals surface area contributed by atoms with Crippen molar-refractivity contribution < 1.29 is 28.8 Å². The maximum absolute atomic E-state index is 14.4. The number of benzene rings is 1. The van der Waals surface area contributed by atoms with Gasteiger partial charge in [0.05, 0.1) is 6.54 Å². The molecular weight excluding hydrogens is 624 g/mol. The lowest BCUT2D eigenvalue weighted by Gasteiger charge is -2.31. The highest BCUT2D eigenvalue weighted by Gasteiger charge is 2.32. The number of para-hydroxylation sites is 1. The molecule has 1 aromatic heterocycles. The van der Waals surface area contributed by atoms with Crippen LogP contribution in [0.25, 0.3) is 10.9 Å². The number of amides is 5. The lowest BCUT2D eigenvalue weighted by atomic mass is 10.0. The van der Waals surface area contributed by atoms with Crippen LogP contribution in [-0.2, 0) is 35.2 Å². The van der Waals surface area contributed by atoms with Gasteiger partial charge >= 0.3 is 0 Å². The Balaban J connectivity index is 1.89. The standard InChI is InChI=1S/C37H56N6O6/c1-5-29(45)13-7-6-8-17-33-37(49)43(21-18-28-23-39-31-15-10-9-14-30(28)31)25-35(47)42(24-26(2)3)22-19-34(46)40-32(36(48)41-33)16-11-12-20-38-27(4)44/h9-10,14-15,23,26,32-33,39H,5-8,11-13,16-22,24-25H2,1-4H3,(H,38,44)(H,40,46)(H,41,48)/t32-,33-/m0/s1. The summed E-state index contributed by atoms with van der Waals surface area (Å²) in [6.07, 6.45) is 7.28. The first-order valence-electron chi connectivity index (χ1n) is 18.0. The van der Waals surface area contributed by atoms with Crippen LogP contribution >= 0.6 is 0 Å². The minimum absolute atomic E-state index is 0.0251. The molecule has 0 saturated carbocycles. The molecule has 12 nitrogen and oxygen atoms in total. The predicted molar refractivity (Wildman–Crippen MR) is 189 cm³/mol. The minimum atomic E-state index is -0.914. The van der Waals surface area contributed by atoms with Crippen LogP contribution in [0.2, 0.25) is 0 Å². The minimum Gasteiger partial charge on any atom is -0.361 e. The number of aromatic amines is 1. The van der Waals surface area contributed by atoms with Crippen molar-refractivity contribution in [3.05, 3.63) is 36.0 Å². The Bertz CT molecular complexity index is 1420. The van der Waals surface area contributed by atoms with Gasteiger partial charge in [-0.2, -0.15) is 0 Å². The number of carbonyl (C=O) groups is 6. The molecule has 2 atom stereocenters. The Morgan fingerprint density at radius 3 is 2.41 bits per heavy atom. The molecule has 5 amide bonds. The van der Waals surface area contributed by atoms with Crippen LogP contribution in [0, 0.1) is 5.92 Å². The molecule has 270 valence electrons. The lowest BCUT2D eigenvalue weighted by molar-refractivity contribution is -0.143. The fourth-order valence-corrected chi connectivity index (χ4v) is 6.17. The third kappa shape index (κ3) is 13.3. The summed E-state index contributed by atoms with van der Waals surface area (Å²) in [5, 5.41) is 9.59. The molecular formula is C37H56N6O6. The molecule has 0 radical (unpaired) electrons. The van der Waals surface area contributed by atoms with Crippen LogP contribution in [0.5, 0.6) is 0 Å². The van der Waals surface area contributed by atoms with E-state index in [9.17, 15) is 28.8 Å². The van der Waals surface area contributed by atoms with E-state index in [1.807, 2.05) is 51.2 Å². The van der Waals surface area contributed by atoms with Gasteiger partial charge in [-0.25, -0.2) is 0 Å². The van der Waals surface area contributed by atoms with Crippen molar-refractivity contribution in [1.82, 2.24) is 30.7 Å². The van der Waals surface area contributed by atoms with E-state index in [0.29, 0.717) is 77.3 Å². The average Bonchev–Trinajstić information content (AvgIpc) is 3.48. The number of hydrogen-bond acceptors (Lipinski definition) is 6. The number of carbonyl (C=O) groups excluding carboxylic acids is 6. The summed E-state index contributed by atoms with van der Waals surface area (Å²) < 4.78 is 0. The van der Waals surface area contributed by atoms with Crippen molar-refractivity contribution in [2.75, 3.05) is 32.7 Å². The van der Waals surface area contributed by atoms with Gasteiger partial charge in [0.15, 0.2) is 0 Å². The summed E-state index contributed by atoms with van der Waals surface area (Å²) in [5.41, 5.74) is 2.01. The molecule has 0 unspecified atom stereocenters. The molecule has 2 aromatic rings. The third-order valence-corrected chi connectivity index (χ3v) is 8.91. The van der Waals surface area contributed by atoms with Gasteiger partial charge in [0.2, 0.25) is 29.5 Å². The van der Waals surface area contributed by atoms with Crippen LogP contribution in [0.1, 0.15) is 97.5 Å². The molecule has 2 heterocycles. The Morgan fingerprint density at radius 2 is 1.67 bits per heavy atom. The third-order valence-electron chi connectivity index (χ3n) is 8.91. The van der Waals surface area contributed by atoms with Crippen LogP contribution < -0.4 is 16.0 Å². The van der Waals surface area contributed by atoms with Gasteiger partial charge in [-0.05, 0) is 56.1 Å². The molecule has 1 aromatic carbocycles. The van der Waals surface area contributed by atoms with E-state index >= 15 is 0 Å². The highest BCUT2D eigenvalue weighted by Crippen LogP contribution is 2.19. The highest BCUT2D eigenvalue weighted by atomic mass is 16.2. The summed E-state index contributed by atoms with van der Waals surface area (Å²) in [6.45, 7) is 8.44. The predicted octanol–water partition coefficient (Wildman–Crippen LogP) is 3.63. The van der Waals surface area contributed by atoms with Crippen molar-refractivity contribution >= 4 is 46.2 Å². The van der Waals surface area contributed by atoms with E-state index in [0.717, 1.165) is 16.5 Å². The zero-order chi connectivity index (χ0) is 35.8. The average molecular weight is 681 g/mol. The quantitative estimate of drug-likeness (QED) is 0.187. The fraction of sp³-hybridized carbons (Fsp3) is 0.622. The molecule has 4 N–H and O–H groups in total. The zero-order valence-electron chi connectivity index (χ0n) is 29.8. The van der Waals surface area contributed by atoms with Gasteiger partial charge < -0.3 is 30.7 Å². The van der Waals surface area contributed by atoms with Gasteiger partial charge in [-0.3, -0.25) is 28.8 Å². The molecule has 3 rings (SSSR count). The SMILES string of the molecule is CCC(=O)CCCCC[C@@H]1NC(=O)[C@H](CCCCNC(C)=O)NC(=O)CCN(CC(C)C)C(=O)CN(CCc2c[nH]c3ccccc23)C1=O. The van der Waals surface area contributed by atoms with Gasteiger partial charge in [-0.15, -0.1) is 0 Å². The Hall–Kier alpha value is -4.22. The molecule has 49 heavy (non-hydrogen) atoms. The summed E-state index contributed by atoms with van der Waals surface area (Å²) in [4.78, 5) is 84.7. The molecule has 0 bridgehead atoms. The Kier molecular flexibility index (Phi) is 16.3. The topological polar surface area (TPSA) is 161 Å². The number of aromatic nitrogens is 1. The van der Waals surface area contributed by atoms with Crippen LogP contribution in [0.3, 0.4) is 0 Å². The Labute approximate surface area is 290 Å². The zero-order valence-corrected chi connectivity index (χ0v) is 29.8. The second-order valence-corrected chi connectivity index (χ2v) is 13.5.